The summed E-state index contributed by atoms with van der Waals surface area (Å²) in [6.45, 7) is 1.88. The zero-order chi connectivity index (χ0) is 12.1. The molecule has 2 rings (SSSR count). The molecule has 0 amide bonds. The lowest BCUT2D eigenvalue weighted by Gasteiger charge is -2.25. The third-order valence-electron chi connectivity index (χ3n) is 3.38. The van der Waals surface area contributed by atoms with Gasteiger partial charge >= 0.3 is 0 Å². The highest BCUT2D eigenvalue weighted by atomic mass is 35.5. The zero-order valence-corrected chi connectivity index (χ0v) is 11.3. The molecule has 1 aliphatic rings. The molecule has 1 N–H and O–H groups in total. The Labute approximate surface area is 113 Å². The molecule has 94 valence electrons. The Hall–Kier alpha value is -0.310. The van der Waals surface area contributed by atoms with E-state index in [1.165, 1.54) is 12.8 Å². The van der Waals surface area contributed by atoms with Crippen LogP contribution in [0.25, 0.3) is 0 Å². The molecule has 0 radical (unpaired) electrons. The molecule has 1 saturated carbocycles. The summed E-state index contributed by atoms with van der Waals surface area (Å²) in [7, 11) is 0. The Morgan fingerprint density at radius 2 is 2.06 bits per heavy atom. The number of alkyl halides is 1. The van der Waals surface area contributed by atoms with Crippen LogP contribution in [0.4, 0.5) is 0 Å². The van der Waals surface area contributed by atoms with E-state index in [0.29, 0.717) is 5.38 Å². The van der Waals surface area contributed by atoms with E-state index in [0.717, 1.165) is 42.4 Å². The largest absolute Gasteiger partial charge is 0.312 e. The third-order valence-corrected chi connectivity index (χ3v) is 4.16. The van der Waals surface area contributed by atoms with Gasteiger partial charge in [-0.2, -0.15) is 0 Å². The van der Waals surface area contributed by atoms with Gasteiger partial charge in [0.2, 0.25) is 0 Å². The van der Waals surface area contributed by atoms with Gasteiger partial charge in [0.25, 0.3) is 0 Å². The second-order valence-corrected chi connectivity index (χ2v) is 5.74. The van der Waals surface area contributed by atoms with Crippen molar-refractivity contribution >= 4 is 23.2 Å². The summed E-state index contributed by atoms with van der Waals surface area (Å²) in [5, 5.41) is 4.62. The third kappa shape index (κ3) is 4.13. The molecule has 2 nitrogen and oxygen atoms in total. The Morgan fingerprint density at radius 1 is 1.29 bits per heavy atom. The molecule has 0 aromatic carbocycles. The van der Waals surface area contributed by atoms with E-state index in [9.17, 15) is 0 Å². The van der Waals surface area contributed by atoms with Crippen LogP contribution in [0.3, 0.4) is 0 Å². The van der Waals surface area contributed by atoms with E-state index >= 15 is 0 Å². The minimum absolute atomic E-state index is 0.404. The highest BCUT2D eigenvalue weighted by Gasteiger charge is 2.18. The number of rotatable bonds is 4. The maximum absolute atomic E-state index is 6.09. The van der Waals surface area contributed by atoms with E-state index in [-0.39, 0.29) is 0 Å². The molecule has 4 heteroatoms. The van der Waals surface area contributed by atoms with Crippen LogP contribution in [0, 0.1) is 5.92 Å². The van der Waals surface area contributed by atoms with Crippen molar-refractivity contribution in [3.63, 3.8) is 0 Å². The van der Waals surface area contributed by atoms with Gasteiger partial charge in [-0.3, -0.25) is 4.98 Å². The molecule has 0 saturated heterocycles. The molecule has 17 heavy (non-hydrogen) atoms. The Balaban J connectivity index is 1.71. The fourth-order valence-corrected chi connectivity index (χ4v) is 2.72. The van der Waals surface area contributed by atoms with Gasteiger partial charge in [0, 0.05) is 24.3 Å². The molecular weight excluding hydrogens is 255 g/mol. The first-order valence-electron chi connectivity index (χ1n) is 6.19. The SMILES string of the molecule is Clc1cnccc1CNCC1CCC(Cl)CC1. The van der Waals surface area contributed by atoms with E-state index < -0.39 is 0 Å². The molecule has 0 aliphatic heterocycles. The van der Waals surface area contributed by atoms with Gasteiger partial charge < -0.3 is 5.32 Å². The van der Waals surface area contributed by atoms with Crippen LogP contribution in [-0.4, -0.2) is 16.9 Å². The summed E-state index contributed by atoms with van der Waals surface area (Å²) >= 11 is 12.1. The average molecular weight is 273 g/mol. The number of hydrogen-bond acceptors (Lipinski definition) is 2. The molecule has 0 spiro atoms. The van der Waals surface area contributed by atoms with Crippen molar-refractivity contribution in [1.29, 1.82) is 0 Å². The van der Waals surface area contributed by atoms with Crippen molar-refractivity contribution in [3.05, 3.63) is 29.0 Å². The summed E-state index contributed by atoms with van der Waals surface area (Å²) < 4.78 is 0. The first kappa shape index (κ1) is 13.1. The summed E-state index contributed by atoms with van der Waals surface area (Å²) in [6, 6.07) is 1.96. The van der Waals surface area contributed by atoms with Crippen molar-refractivity contribution < 1.29 is 0 Å². The second-order valence-electron chi connectivity index (χ2n) is 4.72. The van der Waals surface area contributed by atoms with Crippen LogP contribution in [0.1, 0.15) is 31.2 Å². The average Bonchev–Trinajstić information content (AvgIpc) is 2.34. The molecule has 0 unspecified atom stereocenters. The van der Waals surface area contributed by atoms with Crippen molar-refractivity contribution in [2.75, 3.05) is 6.54 Å². The van der Waals surface area contributed by atoms with Crippen LogP contribution in [0.5, 0.6) is 0 Å². The van der Waals surface area contributed by atoms with Gasteiger partial charge in [-0.1, -0.05) is 11.6 Å². The quantitative estimate of drug-likeness (QED) is 0.847. The first-order chi connectivity index (χ1) is 8.25. The summed E-state index contributed by atoms with van der Waals surface area (Å²) in [6.07, 6.45) is 8.27. The van der Waals surface area contributed by atoms with Gasteiger partial charge in [-0.15, -0.1) is 11.6 Å². The highest BCUT2D eigenvalue weighted by molar-refractivity contribution is 6.31. The normalized spacial score (nSPS) is 24.8. The van der Waals surface area contributed by atoms with E-state index in [1.807, 2.05) is 6.07 Å². The summed E-state index contributed by atoms with van der Waals surface area (Å²) in [5.74, 6) is 0.769. The molecule has 1 aromatic rings. The van der Waals surface area contributed by atoms with Crippen LogP contribution >= 0.6 is 23.2 Å². The van der Waals surface area contributed by atoms with E-state index in [4.69, 9.17) is 23.2 Å². The maximum atomic E-state index is 6.09. The smallest absolute Gasteiger partial charge is 0.0634 e. The highest BCUT2D eigenvalue weighted by Crippen LogP contribution is 2.27. The predicted molar refractivity (Wildman–Crippen MR) is 72.6 cm³/mol. The molecule has 1 heterocycles. The van der Waals surface area contributed by atoms with Crippen molar-refractivity contribution in [3.8, 4) is 0 Å². The molecule has 1 aliphatic carbocycles. The van der Waals surface area contributed by atoms with Crippen LogP contribution in [-0.2, 0) is 6.54 Å². The first-order valence-corrected chi connectivity index (χ1v) is 7.00. The monoisotopic (exact) mass is 272 g/mol. The Morgan fingerprint density at radius 3 is 2.76 bits per heavy atom. The fraction of sp³-hybridized carbons (Fsp3) is 0.615. The maximum Gasteiger partial charge on any atom is 0.0634 e. The van der Waals surface area contributed by atoms with Crippen molar-refractivity contribution in [2.45, 2.75) is 37.6 Å². The lowest BCUT2D eigenvalue weighted by Crippen LogP contribution is -2.26. The molecule has 0 atom stereocenters. The summed E-state index contributed by atoms with van der Waals surface area (Å²) in [4.78, 5) is 3.98. The minimum atomic E-state index is 0.404. The van der Waals surface area contributed by atoms with Crippen molar-refractivity contribution in [1.82, 2.24) is 10.3 Å². The number of nitrogens with one attached hydrogen (secondary N) is 1. The lowest BCUT2D eigenvalue weighted by molar-refractivity contribution is 0.345. The summed E-state index contributed by atoms with van der Waals surface area (Å²) in [5.41, 5.74) is 1.12. The molecule has 1 fully saturated rings. The van der Waals surface area contributed by atoms with Gasteiger partial charge in [-0.25, -0.2) is 0 Å². The van der Waals surface area contributed by atoms with Crippen molar-refractivity contribution in [2.24, 2.45) is 5.92 Å². The predicted octanol–water partition coefficient (Wildman–Crippen LogP) is 3.62. The topological polar surface area (TPSA) is 24.9 Å². The zero-order valence-electron chi connectivity index (χ0n) is 9.83. The second kappa shape index (κ2) is 6.58. The van der Waals surface area contributed by atoms with Gasteiger partial charge in [-0.05, 0) is 49.8 Å². The van der Waals surface area contributed by atoms with Crippen LogP contribution < -0.4 is 5.32 Å². The number of nitrogens with zero attached hydrogens (tertiary/aromatic N) is 1. The molecule has 0 bridgehead atoms. The number of aromatic nitrogens is 1. The molecular formula is C13H18Cl2N2. The van der Waals surface area contributed by atoms with Gasteiger partial charge in [0.05, 0.1) is 5.02 Å². The standard InChI is InChI=1S/C13H18Cl2N2/c14-12-3-1-10(2-4-12)7-17-8-11-5-6-16-9-13(11)15/h5-6,9-10,12,17H,1-4,7-8H2. The minimum Gasteiger partial charge on any atom is -0.312 e. The molecule has 1 aromatic heterocycles. The number of halogens is 2. The van der Waals surface area contributed by atoms with Crippen LogP contribution in [0.15, 0.2) is 18.5 Å². The number of pyridine rings is 1. The van der Waals surface area contributed by atoms with Gasteiger partial charge in [0.1, 0.15) is 0 Å². The Kier molecular flexibility index (Phi) is 5.08. The van der Waals surface area contributed by atoms with Gasteiger partial charge in [0.15, 0.2) is 0 Å². The number of hydrogen-bond donors (Lipinski definition) is 1. The fourth-order valence-electron chi connectivity index (χ4n) is 2.28. The van der Waals surface area contributed by atoms with E-state index in [1.54, 1.807) is 12.4 Å². The lowest BCUT2D eigenvalue weighted by atomic mass is 9.89. The van der Waals surface area contributed by atoms with Crippen LogP contribution in [0.2, 0.25) is 5.02 Å². The van der Waals surface area contributed by atoms with E-state index in [2.05, 4.69) is 10.3 Å². The Bertz CT molecular complexity index is 349.